The monoisotopic (exact) mass is 1500 g/mol. The van der Waals surface area contributed by atoms with Gasteiger partial charge >= 0.3 is 23.9 Å². The second kappa shape index (κ2) is 77.1. The summed E-state index contributed by atoms with van der Waals surface area (Å²) in [5.74, 6) is -0.208. The Bertz CT molecular complexity index is 2220. The molecule has 0 spiro atoms. The van der Waals surface area contributed by atoms with Gasteiger partial charge in [-0.25, -0.2) is 0 Å². The van der Waals surface area contributed by atoms with E-state index in [2.05, 4.69) is 40.9 Å². The molecule has 15 heteroatoms. The van der Waals surface area contributed by atoms with Crippen molar-refractivity contribution in [1.29, 1.82) is 0 Å². The van der Waals surface area contributed by atoms with Gasteiger partial charge in [0.25, 0.3) is 10.1 Å². The highest BCUT2D eigenvalue weighted by Crippen LogP contribution is 2.25. The van der Waals surface area contributed by atoms with Gasteiger partial charge in [0.2, 0.25) is 0 Å². The largest absolute Gasteiger partial charge is 0.462 e. The van der Waals surface area contributed by atoms with E-state index in [0.717, 1.165) is 141 Å². The van der Waals surface area contributed by atoms with Crippen molar-refractivity contribution in [2.75, 3.05) is 19.8 Å². The quantitative estimate of drug-likeness (QED) is 0.0205. The van der Waals surface area contributed by atoms with Crippen molar-refractivity contribution in [2.24, 2.45) is 0 Å². The third-order valence-corrected chi connectivity index (χ3v) is 21.2. The maximum absolute atomic E-state index is 12.7. The number of aryl methyl sites for hydroxylation is 1. The Hall–Kier alpha value is -3.63. The Morgan fingerprint density at radius 1 is 0.410 bits per heavy atom. The molecule has 614 valence electrons. The minimum absolute atomic E-state index is 0.00659. The molecule has 0 amide bonds. The molecule has 0 aliphatic carbocycles. The number of ether oxygens (including phenoxy) is 6. The predicted octanol–water partition coefficient (Wildman–Crippen LogP) is 26.3. The highest BCUT2D eigenvalue weighted by atomic mass is 32.2. The lowest BCUT2D eigenvalue weighted by Crippen LogP contribution is -2.28. The van der Waals surface area contributed by atoms with Crippen LogP contribution < -0.4 is 0 Å². The SMILES string of the molecule is C=CCOC(=O)CCCCCCCCCCC(CCCCCC)OC(=O)CCCCCCCCCCC(CCCCCC)OC1CCCCO1.C=CCOC(=O)CCCCCCCCCCC(CCCCCC)OC(=O)CCCCCCCCCCC(O)CCCCCC.Cc1ccc(S(=O)(=O)O)cc1. The van der Waals surface area contributed by atoms with Crippen LogP contribution in [0, 0.1) is 6.92 Å². The van der Waals surface area contributed by atoms with Crippen LogP contribution in [-0.2, 0) is 57.7 Å². The number of esters is 4. The zero-order chi connectivity index (χ0) is 77.0. The molecular formula is C90H164O14S. The van der Waals surface area contributed by atoms with E-state index in [1.54, 1.807) is 24.3 Å². The number of rotatable bonds is 73. The van der Waals surface area contributed by atoms with Crippen LogP contribution in [0.3, 0.4) is 0 Å². The van der Waals surface area contributed by atoms with E-state index in [1.165, 1.54) is 263 Å². The highest BCUT2D eigenvalue weighted by Gasteiger charge is 2.21. The van der Waals surface area contributed by atoms with Crippen LogP contribution in [-0.4, -0.2) is 92.5 Å². The maximum Gasteiger partial charge on any atom is 0.306 e. The molecule has 1 fully saturated rings. The Morgan fingerprint density at radius 2 is 0.686 bits per heavy atom. The molecule has 2 N–H and O–H groups in total. The Kier molecular flexibility index (Phi) is 74.4. The molecule has 1 aliphatic heterocycles. The molecule has 105 heavy (non-hydrogen) atoms. The van der Waals surface area contributed by atoms with Crippen molar-refractivity contribution in [3.63, 3.8) is 0 Å². The lowest BCUT2D eigenvalue weighted by atomic mass is 10.0. The van der Waals surface area contributed by atoms with E-state index >= 15 is 0 Å². The second-order valence-electron chi connectivity index (χ2n) is 30.5. The lowest BCUT2D eigenvalue weighted by molar-refractivity contribution is -0.190. The summed E-state index contributed by atoms with van der Waals surface area (Å²) in [6.45, 7) is 19.4. The third kappa shape index (κ3) is 71.7. The zero-order valence-corrected chi connectivity index (χ0v) is 69.5. The summed E-state index contributed by atoms with van der Waals surface area (Å²) >= 11 is 0. The van der Waals surface area contributed by atoms with E-state index < -0.39 is 10.1 Å². The molecular weight excluding hydrogens is 1340 g/mol. The number of hydrogen-bond donors (Lipinski definition) is 2. The van der Waals surface area contributed by atoms with Crippen molar-refractivity contribution >= 4 is 34.0 Å². The molecule has 1 heterocycles. The molecule has 0 bridgehead atoms. The molecule has 0 aromatic heterocycles. The maximum atomic E-state index is 12.7. The zero-order valence-electron chi connectivity index (χ0n) is 68.6. The van der Waals surface area contributed by atoms with Gasteiger partial charge < -0.3 is 33.5 Å². The molecule has 5 unspecified atom stereocenters. The molecule has 0 saturated carbocycles. The van der Waals surface area contributed by atoms with Crippen LogP contribution in [0.1, 0.15) is 438 Å². The lowest BCUT2D eigenvalue weighted by Gasteiger charge is -2.28. The molecule has 1 aliphatic rings. The number of carbonyl (C=O) groups excluding carboxylic acids is 4. The number of aliphatic hydroxyl groups excluding tert-OH is 1. The summed E-state index contributed by atoms with van der Waals surface area (Å²) in [6.07, 6.45) is 75.2. The van der Waals surface area contributed by atoms with Gasteiger partial charge in [0.05, 0.1) is 17.1 Å². The number of aliphatic hydroxyl groups is 1. The standard InChI is InChI=1S/C44H82O6.C39H74O5.C7H8O3S/c1-4-7-9-23-31-40(32-25-19-15-11-13-17-21-27-35-42(45)47-38-6-3)49-43(46)36-28-22-18-14-12-16-20-26-34-41(33-24-10-8-5-2)50-44-37-29-30-39-48-44;1-4-7-9-23-29-36(40)30-24-19-15-11-13-18-22-28-34-39(42)44-37(31-25-10-8-5-2)32-26-20-16-12-14-17-21-27-33-38(41)43-35-6-3;1-6-2-4-7(5-3-6)11(8,9)10/h6,40-41,44H,3-5,7-39H2,1-2H3;6,36-37,40H,3-5,7-35H2,1-2H3;2-5H,1H3,(H,8,9,10). The average Bonchev–Trinajstić information content (AvgIpc) is 0.870. The van der Waals surface area contributed by atoms with Crippen LogP contribution in [0.2, 0.25) is 0 Å². The average molecular weight is 1500 g/mol. The first-order valence-electron chi connectivity index (χ1n) is 44.0. The second-order valence-corrected chi connectivity index (χ2v) is 32.0. The summed E-state index contributed by atoms with van der Waals surface area (Å²) in [7, 11) is -4.02. The summed E-state index contributed by atoms with van der Waals surface area (Å²) in [5, 5.41) is 10.1. The van der Waals surface area contributed by atoms with Gasteiger partial charge in [0, 0.05) is 32.3 Å². The minimum Gasteiger partial charge on any atom is -0.462 e. The molecule has 14 nitrogen and oxygen atoms in total. The van der Waals surface area contributed by atoms with Crippen LogP contribution in [0.4, 0.5) is 0 Å². The van der Waals surface area contributed by atoms with Gasteiger partial charge in [-0.1, -0.05) is 328 Å². The minimum atomic E-state index is -4.02. The fraction of sp³-hybridized carbons (Fsp3) is 0.844. The van der Waals surface area contributed by atoms with Gasteiger partial charge in [0.1, 0.15) is 25.4 Å². The normalized spacial score (nSPS) is 14.0. The summed E-state index contributed by atoms with van der Waals surface area (Å²) < 4.78 is 63.9. The fourth-order valence-electron chi connectivity index (χ4n) is 13.6. The van der Waals surface area contributed by atoms with E-state index in [-0.39, 0.29) is 53.4 Å². The first-order chi connectivity index (χ1) is 51.1. The molecule has 1 aromatic carbocycles. The van der Waals surface area contributed by atoms with Gasteiger partial charge in [-0.3, -0.25) is 23.7 Å². The number of benzene rings is 1. The fourth-order valence-corrected chi connectivity index (χ4v) is 14.1. The Morgan fingerprint density at radius 3 is 0.971 bits per heavy atom. The first-order valence-corrected chi connectivity index (χ1v) is 45.5. The topological polar surface area (TPSA) is 198 Å². The van der Waals surface area contributed by atoms with Gasteiger partial charge in [0.15, 0.2) is 6.29 Å². The molecule has 5 atom stereocenters. The third-order valence-electron chi connectivity index (χ3n) is 20.3. The van der Waals surface area contributed by atoms with Gasteiger partial charge in [-0.2, -0.15) is 8.42 Å². The Balaban J connectivity index is 0.00000180. The first kappa shape index (κ1) is 101. The van der Waals surface area contributed by atoms with E-state index in [0.29, 0.717) is 45.0 Å². The molecule has 1 saturated heterocycles. The van der Waals surface area contributed by atoms with Gasteiger partial charge in [-0.05, 0) is 141 Å². The molecule has 0 radical (unpaired) electrons. The predicted molar refractivity (Wildman–Crippen MR) is 437 cm³/mol. The summed E-state index contributed by atoms with van der Waals surface area (Å²) in [4.78, 5) is 48.3. The van der Waals surface area contributed by atoms with Crippen LogP contribution in [0.25, 0.3) is 0 Å². The number of unbranched alkanes of at least 4 members (excludes halogenated alkanes) is 40. The van der Waals surface area contributed by atoms with Crippen molar-refractivity contribution < 1.29 is 65.7 Å². The van der Waals surface area contributed by atoms with Crippen LogP contribution in [0.15, 0.2) is 54.5 Å². The number of carbonyl (C=O) groups is 4. The van der Waals surface area contributed by atoms with E-state index in [1.807, 2.05) is 6.92 Å². The van der Waals surface area contributed by atoms with Crippen molar-refractivity contribution in [3.8, 4) is 0 Å². The highest BCUT2D eigenvalue weighted by molar-refractivity contribution is 7.85. The van der Waals surface area contributed by atoms with Crippen molar-refractivity contribution in [1.82, 2.24) is 0 Å². The Labute approximate surface area is 645 Å². The van der Waals surface area contributed by atoms with Crippen molar-refractivity contribution in [2.45, 2.75) is 475 Å². The van der Waals surface area contributed by atoms with E-state index in [9.17, 15) is 32.7 Å². The number of hydrogen-bond acceptors (Lipinski definition) is 13. The van der Waals surface area contributed by atoms with Crippen LogP contribution in [0.5, 0.6) is 0 Å². The smallest absolute Gasteiger partial charge is 0.306 e. The summed E-state index contributed by atoms with van der Waals surface area (Å²) in [6, 6.07) is 5.99. The summed E-state index contributed by atoms with van der Waals surface area (Å²) in [5.41, 5.74) is 0.956. The molecule has 1 aromatic rings. The molecule has 2 rings (SSSR count). The van der Waals surface area contributed by atoms with Gasteiger partial charge in [-0.15, -0.1) is 0 Å². The van der Waals surface area contributed by atoms with Crippen LogP contribution >= 0.6 is 0 Å². The van der Waals surface area contributed by atoms with E-state index in [4.69, 9.17) is 33.0 Å². The van der Waals surface area contributed by atoms with Crippen molar-refractivity contribution in [3.05, 3.63) is 55.1 Å².